The molecule has 35 heavy (non-hydrogen) atoms. The number of urea groups is 1. The van der Waals surface area contributed by atoms with Gasteiger partial charge in [-0.3, -0.25) is 4.98 Å². The third kappa shape index (κ3) is 7.21. The van der Waals surface area contributed by atoms with Gasteiger partial charge in [0.2, 0.25) is 0 Å². The molecular weight excluding hydrogens is 448 g/mol. The lowest BCUT2D eigenvalue weighted by Crippen LogP contribution is -2.46. The number of likely N-dealkylation sites (tertiary alicyclic amines) is 1. The molecule has 10 heteroatoms. The van der Waals surface area contributed by atoms with E-state index in [2.05, 4.69) is 25.5 Å². The summed E-state index contributed by atoms with van der Waals surface area (Å²) in [5.74, 6) is 1.66. The van der Waals surface area contributed by atoms with E-state index in [1.54, 1.807) is 35.6 Å². The van der Waals surface area contributed by atoms with Gasteiger partial charge < -0.3 is 29.9 Å². The number of carbonyl (C=O) groups is 2. The molecule has 2 aliphatic rings. The van der Waals surface area contributed by atoms with Crippen LogP contribution >= 0.6 is 0 Å². The second-order valence-electron chi connectivity index (χ2n) is 9.19. The monoisotopic (exact) mass is 482 g/mol. The molecule has 4 rings (SSSR count). The van der Waals surface area contributed by atoms with Crippen molar-refractivity contribution in [3.8, 4) is 5.75 Å². The molecule has 2 fully saturated rings. The molecule has 188 valence electrons. The minimum absolute atomic E-state index is 0.0570. The first-order chi connectivity index (χ1) is 17.0. The fraction of sp³-hybridized carbons (Fsp3) is 0.520. The van der Waals surface area contributed by atoms with E-state index >= 15 is 0 Å². The largest absolute Gasteiger partial charge is 0.490 e. The van der Waals surface area contributed by atoms with Gasteiger partial charge in [-0.1, -0.05) is 0 Å². The highest BCUT2D eigenvalue weighted by Crippen LogP contribution is 2.25. The summed E-state index contributed by atoms with van der Waals surface area (Å²) in [5, 5.41) is 5.85. The van der Waals surface area contributed by atoms with Gasteiger partial charge in [0, 0.05) is 63.5 Å². The lowest BCUT2D eigenvalue weighted by atomic mass is 10.1. The van der Waals surface area contributed by atoms with Crippen molar-refractivity contribution < 1.29 is 19.1 Å². The summed E-state index contributed by atoms with van der Waals surface area (Å²) < 4.78 is 11.5. The molecule has 0 saturated carbocycles. The van der Waals surface area contributed by atoms with E-state index in [0.717, 1.165) is 50.3 Å². The van der Waals surface area contributed by atoms with E-state index in [9.17, 15) is 9.59 Å². The molecule has 2 aromatic rings. The number of anilines is 2. The fourth-order valence-corrected chi connectivity index (χ4v) is 4.31. The van der Waals surface area contributed by atoms with Crippen LogP contribution in [0.5, 0.6) is 5.75 Å². The van der Waals surface area contributed by atoms with Crippen LogP contribution in [0.15, 0.2) is 42.9 Å². The summed E-state index contributed by atoms with van der Waals surface area (Å²) in [6, 6.07) is 7.33. The second kappa shape index (κ2) is 11.7. The van der Waals surface area contributed by atoms with Crippen molar-refractivity contribution >= 4 is 23.6 Å². The molecule has 10 nitrogen and oxygen atoms in total. The molecule has 3 amide bonds. The summed E-state index contributed by atoms with van der Waals surface area (Å²) in [6.45, 7) is 6.56. The van der Waals surface area contributed by atoms with Crippen molar-refractivity contribution in [3.05, 3.63) is 42.9 Å². The van der Waals surface area contributed by atoms with Crippen LogP contribution in [0, 0.1) is 0 Å². The van der Waals surface area contributed by atoms with Gasteiger partial charge in [-0.2, -0.15) is 0 Å². The van der Waals surface area contributed by atoms with Crippen LogP contribution in [-0.2, 0) is 4.74 Å². The van der Waals surface area contributed by atoms with Crippen LogP contribution in [0.25, 0.3) is 0 Å². The summed E-state index contributed by atoms with van der Waals surface area (Å²) in [4.78, 5) is 36.8. The molecule has 2 saturated heterocycles. The molecule has 2 aliphatic heterocycles. The van der Waals surface area contributed by atoms with E-state index in [-0.39, 0.29) is 30.4 Å². The van der Waals surface area contributed by atoms with Gasteiger partial charge in [0.15, 0.2) is 0 Å². The molecule has 0 aromatic carbocycles. The number of ether oxygens (including phenoxy) is 2. The average Bonchev–Trinajstić information content (AvgIpc) is 2.85. The number of nitrogens with zero attached hydrogens (tertiary/aromatic N) is 4. The number of piperidine rings is 2. The number of pyridine rings is 2. The predicted molar refractivity (Wildman–Crippen MR) is 133 cm³/mol. The van der Waals surface area contributed by atoms with Crippen LogP contribution in [0.4, 0.5) is 21.1 Å². The Morgan fingerprint density at radius 1 is 1.06 bits per heavy atom. The maximum atomic E-state index is 12.2. The molecule has 2 N–H and O–H groups in total. The molecule has 0 atom stereocenters. The van der Waals surface area contributed by atoms with Crippen LogP contribution < -0.4 is 20.3 Å². The third-order valence-corrected chi connectivity index (χ3v) is 6.13. The first kappa shape index (κ1) is 24.6. The Balaban J connectivity index is 1.22. The number of carbonyl (C=O) groups excluding carboxylic acids is 2. The standard InChI is InChI=1S/C25H34N6O4/c1-18(2)34-25(33)31-14-8-21(9-15-31)35-22-5-11-27-23(16-22)30-12-6-19(7-13-30)28-24(32)29-20-4-3-10-26-17-20/h3-5,10-11,16-19,21H,6-9,12-15H2,1-2H3,(H2,28,29,32). The maximum absolute atomic E-state index is 12.2. The molecule has 2 aromatic heterocycles. The number of nitrogens with one attached hydrogen (secondary N) is 2. The molecule has 0 bridgehead atoms. The van der Waals surface area contributed by atoms with Gasteiger partial charge in [0.25, 0.3) is 0 Å². The van der Waals surface area contributed by atoms with Gasteiger partial charge in [0.05, 0.1) is 18.0 Å². The van der Waals surface area contributed by atoms with Crippen molar-refractivity contribution in [2.45, 2.75) is 57.8 Å². The Kier molecular flexibility index (Phi) is 8.23. The number of aromatic nitrogens is 2. The van der Waals surface area contributed by atoms with Gasteiger partial charge >= 0.3 is 12.1 Å². The van der Waals surface area contributed by atoms with Crippen LogP contribution in [-0.4, -0.2) is 71.4 Å². The second-order valence-corrected chi connectivity index (χ2v) is 9.19. The lowest BCUT2D eigenvalue weighted by Gasteiger charge is -2.34. The minimum atomic E-state index is -0.253. The highest BCUT2D eigenvalue weighted by Gasteiger charge is 2.26. The van der Waals surface area contributed by atoms with Gasteiger partial charge in [0.1, 0.15) is 17.7 Å². The Morgan fingerprint density at radius 3 is 2.51 bits per heavy atom. The van der Waals surface area contributed by atoms with Crippen molar-refractivity contribution in [2.75, 3.05) is 36.4 Å². The number of hydrogen-bond acceptors (Lipinski definition) is 7. The minimum Gasteiger partial charge on any atom is -0.490 e. The van der Waals surface area contributed by atoms with Crippen LogP contribution in [0.3, 0.4) is 0 Å². The van der Waals surface area contributed by atoms with Crippen molar-refractivity contribution in [2.24, 2.45) is 0 Å². The van der Waals surface area contributed by atoms with E-state index in [0.29, 0.717) is 18.8 Å². The van der Waals surface area contributed by atoms with E-state index < -0.39 is 0 Å². The molecular formula is C25H34N6O4. The summed E-state index contributed by atoms with van der Waals surface area (Å²) in [5.41, 5.74) is 0.671. The van der Waals surface area contributed by atoms with E-state index in [1.165, 1.54) is 0 Å². The average molecular weight is 483 g/mol. The fourth-order valence-electron chi connectivity index (χ4n) is 4.31. The molecule has 0 radical (unpaired) electrons. The highest BCUT2D eigenvalue weighted by atomic mass is 16.6. The zero-order valence-electron chi connectivity index (χ0n) is 20.4. The Labute approximate surface area is 206 Å². The highest BCUT2D eigenvalue weighted by molar-refractivity contribution is 5.89. The molecule has 0 aliphatic carbocycles. The topological polar surface area (TPSA) is 109 Å². The smallest absolute Gasteiger partial charge is 0.410 e. The third-order valence-electron chi connectivity index (χ3n) is 6.13. The summed E-state index contributed by atoms with van der Waals surface area (Å²) in [7, 11) is 0. The Bertz CT molecular complexity index is 973. The van der Waals surface area contributed by atoms with Crippen LogP contribution in [0.2, 0.25) is 0 Å². The first-order valence-electron chi connectivity index (χ1n) is 12.3. The normalized spacial score (nSPS) is 17.2. The predicted octanol–water partition coefficient (Wildman–Crippen LogP) is 3.66. The van der Waals surface area contributed by atoms with E-state index in [1.807, 2.05) is 26.0 Å². The molecule has 0 spiro atoms. The number of amides is 3. The van der Waals surface area contributed by atoms with Gasteiger partial charge in [-0.25, -0.2) is 14.6 Å². The van der Waals surface area contributed by atoms with Gasteiger partial charge in [-0.15, -0.1) is 0 Å². The molecule has 0 unspecified atom stereocenters. The van der Waals surface area contributed by atoms with Crippen LogP contribution in [0.1, 0.15) is 39.5 Å². The quantitative estimate of drug-likeness (QED) is 0.647. The Hall–Kier alpha value is -3.56. The SMILES string of the molecule is CC(C)OC(=O)N1CCC(Oc2ccnc(N3CCC(NC(=O)Nc4cccnc4)CC3)c2)CC1. The molecule has 4 heterocycles. The summed E-state index contributed by atoms with van der Waals surface area (Å²) in [6.07, 6.45) is 7.94. The van der Waals surface area contributed by atoms with E-state index in [4.69, 9.17) is 9.47 Å². The zero-order chi connectivity index (χ0) is 24.6. The van der Waals surface area contributed by atoms with Crippen molar-refractivity contribution in [1.82, 2.24) is 20.2 Å². The number of hydrogen-bond donors (Lipinski definition) is 2. The zero-order valence-corrected chi connectivity index (χ0v) is 20.4. The lowest BCUT2D eigenvalue weighted by molar-refractivity contribution is 0.0517. The number of rotatable bonds is 6. The summed E-state index contributed by atoms with van der Waals surface area (Å²) >= 11 is 0. The Morgan fingerprint density at radius 2 is 1.83 bits per heavy atom. The van der Waals surface area contributed by atoms with Crippen molar-refractivity contribution in [3.63, 3.8) is 0 Å². The van der Waals surface area contributed by atoms with Crippen molar-refractivity contribution in [1.29, 1.82) is 0 Å². The maximum Gasteiger partial charge on any atom is 0.410 e. The first-order valence-corrected chi connectivity index (χ1v) is 12.3. The van der Waals surface area contributed by atoms with Gasteiger partial charge in [-0.05, 0) is 44.9 Å².